The standard InChI is InChI=1S/C23H24BrFN4O5S/c1-33-23(32)19-17(12-29-7-8-34-14(11-29)3-5-18(30)31)27-21(22-26-6-9-35-22)28-20(19)15-4-2-13(25)10-16(15)24/h2,4,6,9-10,14,20H,3,5,7-8,11-12H2,1H3,(H,27,28)(H,30,31)/t14-,20+/m1/s1. The summed E-state index contributed by atoms with van der Waals surface area (Å²) in [4.78, 5) is 35.2. The number of thiazole rings is 1. The number of benzene rings is 1. The summed E-state index contributed by atoms with van der Waals surface area (Å²) in [6, 6.07) is 3.50. The molecule has 186 valence electrons. The fourth-order valence-electron chi connectivity index (χ4n) is 4.07. The maximum Gasteiger partial charge on any atom is 0.338 e. The minimum atomic E-state index is -0.868. The van der Waals surface area contributed by atoms with Gasteiger partial charge in [-0.3, -0.25) is 14.7 Å². The number of ether oxygens (including phenoxy) is 2. The molecule has 2 atom stereocenters. The summed E-state index contributed by atoms with van der Waals surface area (Å²) >= 11 is 4.82. The number of carboxylic acid groups (broad SMARTS) is 1. The van der Waals surface area contributed by atoms with Crippen molar-refractivity contribution in [3.8, 4) is 0 Å². The van der Waals surface area contributed by atoms with Crippen molar-refractivity contribution in [2.75, 3.05) is 33.4 Å². The molecule has 3 heterocycles. The van der Waals surface area contributed by atoms with Crippen LogP contribution in [0.3, 0.4) is 0 Å². The Labute approximate surface area is 213 Å². The number of carbonyl (C=O) groups is 2. The van der Waals surface area contributed by atoms with Crippen LogP contribution in [0.1, 0.15) is 29.5 Å². The maximum atomic E-state index is 13.8. The molecule has 0 bridgehead atoms. The molecule has 0 spiro atoms. The van der Waals surface area contributed by atoms with Gasteiger partial charge < -0.3 is 19.9 Å². The van der Waals surface area contributed by atoms with Gasteiger partial charge in [0.1, 0.15) is 11.9 Å². The lowest BCUT2D eigenvalue weighted by atomic mass is 9.95. The number of morpholine rings is 1. The summed E-state index contributed by atoms with van der Waals surface area (Å²) in [5, 5.41) is 14.8. The van der Waals surface area contributed by atoms with E-state index in [9.17, 15) is 14.0 Å². The van der Waals surface area contributed by atoms with Crippen molar-refractivity contribution in [2.24, 2.45) is 4.99 Å². The first kappa shape index (κ1) is 25.4. The zero-order valence-corrected chi connectivity index (χ0v) is 21.3. The third kappa shape index (κ3) is 6.13. The van der Waals surface area contributed by atoms with Crippen LogP contribution in [0.25, 0.3) is 0 Å². The van der Waals surface area contributed by atoms with Gasteiger partial charge in [-0.05, 0) is 24.1 Å². The Morgan fingerprint density at radius 1 is 1.43 bits per heavy atom. The maximum absolute atomic E-state index is 13.8. The molecule has 4 rings (SSSR count). The van der Waals surface area contributed by atoms with Crippen LogP contribution in [0.2, 0.25) is 0 Å². The molecule has 9 nitrogen and oxygen atoms in total. The third-order valence-electron chi connectivity index (χ3n) is 5.71. The van der Waals surface area contributed by atoms with Gasteiger partial charge in [-0.25, -0.2) is 14.2 Å². The predicted molar refractivity (Wildman–Crippen MR) is 131 cm³/mol. The van der Waals surface area contributed by atoms with Gasteiger partial charge in [-0.15, -0.1) is 11.3 Å². The summed E-state index contributed by atoms with van der Waals surface area (Å²) in [6.07, 6.45) is 1.87. The van der Waals surface area contributed by atoms with E-state index in [2.05, 4.69) is 31.1 Å². The number of rotatable bonds is 8. The smallest absolute Gasteiger partial charge is 0.338 e. The first-order valence-corrected chi connectivity index (χ1v) is 12.6. The molecule has 12 heteroatoms. The van der Waals surface area contributed by atoms with Gasteiger partial charge >= 0.3 is 11.9 Å². The van der Waals surface area contributed by atoms with E-state index in [-0.39, 0.29) is 12.5 Å². The van der Waals surface area contributed by atoms with Gasteiger partial charge in [0.15, 0.2) is 10.8 Å². The molecule has 1 aromatic heterocycles. The van der Waals surface area contributed by atoms with E-state index in [1.807, 2.05) is 5.38 Å². The number of halogens is 2. The van der Waals surface area contributed by atoms with Crippen molar-refractivity contribution in [1.82, 2.24) is 15.2 Å². The van der Waals surface area contributed by atoms with Crippen molar-refractivity contribution in [3.05, 3.63) is 61.9 Å². The molecule has 0 saturated carbocycles. The van der Waals surface area contributed by atoms with Crippen LogP contribution in [0.5, 0.6) is 0 Å². The van der Waals surface area contributed by atoms with E-state index in [1.54, 1.807) is 12.3 Å². The molecule has 0 amide bonds. The average Bonchev–Trinajstić information content (AvgIpc) is 3.37. The number of hydrogen-bond donors (Lipinski definition) is 2. The van der Waals surface area contributed by atoms with Gasteiger partial charge in [0.2, 0.25) is 0 Å². The Bertz CT molecular complexity index is 1160. The van der Waals surface area contributed by atoms with Gasteiger partial charge in [-0.1, -0.05) is 22.0 Å². The number of amidine groups is 1. The quantitative estimate of drug-likeness (QED) is 0.468. The molecule has 0 radical (unpaired) electrons. The Morgan fingerprint density at radius 2 is 2.26 bits per heavy atom. The summed E-state index contributed by atoms with van der Waals surface area (Å²) in [6.45, 7) is 1.93. The Hall–Kier alpha value is -2.67. The molecule has 1 aromatic carbocycles. The average molecular weight is 567 g/mol. The SMILES string of the molecule is COC(=O)C1=C(CN2CCO[C@H](CCC(=O)O)C2)NC(c2nccs2)=N[C@H]1c1ccc(F)cc1Br. The van der Waals surface area contributed by atoms with Crippen LogP contribution < -0.4 is 5.32 Å². The number of aliphatic carboxylic acids is 1. The fourth-order valence-corrected chi connectivity index (χ4v) is 5.23. The monoisotopic (exact) mass is 566 g/mol. The third-order valence-corrected chi connectivity index (χ3v) is 7.17. The largest absolute Gasteiger partial charge is 0.481 e. The first-order valence-electron chi connectivity index (χ1n) is 10.9. The molecule has 0 unspecified atom stereocenters. The highest BCUT2D eigenvalue weighted by atomic mass is 79.9. The Kier molecular flexibility index (Phi) is 8.26. The molecular weight excluding hydrogens is 543 g/mol. The van der Waals surface area contributed by atoms with Gasteiger partial charge in [-0.2, -0.15) is 0 Å². The molecular formula is C23H24BrFN4O5S. The molecule has 0 aliphatic carbocycles. The van der Waals surface area contributed by atoms with Crippen LogP contribution in [0, 0.1) is 5.82 Å². The lowest BCUT2D eigenvalue weighted by molar-refractivity contribution is -0.138. The number of hydrogen-bond acceptors (Lipinski definition) is 9. The highest BCUT2D eigenvalue weighted by Crippen LogP contribution is 2.37. The molecule has 2 aliphatic rings. The first-order chi connectivity index (χ1) is 16.9. The number of methoxy groups -OCH3 is 1. The van der Waals surface area contributed by atoms with Crippen molar-refractivity contribution < 1.29 is 28.6 Å². The second kappa shape index (κ2) is 11.4. The van der Waals surface area contributed by atoms with E-state index in [0.29, 0.717) is 64.8 Å². The molecule has 1 saturated heterocycles. The Balaban J connectivity index is 1.70. The van der Waals surface area contributed by atoms with Crippen molar-refractivity contribution >= 4 is 45.0 Å². The second-order valence-electron chi connectivity index (χ2n) is 8.05. The zero-order valence-electron chi connectivity index (χ0n) is 18.9. The summed E-state index contributed by atoms with van der Waals surface area (Å²) < 4.78 is 25.2. The minimum absolute atomic E-state index is 0.0222. The number of carbonyl (C=O) groups excluding carboxylic acids is 1. The minimum Gasteiger partial charge on any atom is -0.481 e. The number of carboxylic acids is 1. The zero-order chi connectivity index (χ0) is 24.9. The lowest BCUT2D eigenvalue weighted by Crippen LogP contribution is -2.46. The van der Waals surface area contributed by atoms with Gasteiger partial charge in [0.25, 0.3) is 0 Å². The number of aromatic nitrogens is 1. The highest BCUT2D eigenvalue weighted by molar-refractivity contribution is 9.10. The number of esters is 1. The lowest BCUT2D eigenvalue weighted by Gasteiger charge is -2.35. The second-order valence-corrected chi connectivity index (χ2v) is 9.80. The van der Waals surface area contributed by atoms with Gasteiger partial charge in [0.05, 0.1) is 25.4 Å². The topological polar surface area (TPSA) is 113 Å². The van der Waals surface area contributed by atoms with E-state index in [0.717, 1.165) is 0 Å². The van der Waals surface area contributed by atoms with Crippen molar-refractivity contribution in [1.29, 1.82) is 0 Å². The number of nitrogens with zero attached hydrogens (tertiary/aromatic N) is 3. The Morgan fingerprint density at radius 3 is 2.94 bits per heavy atom. The van der Waals surface area contributed by atoms with E-state index in [4.69, 9.17) is 19.6 Å². The highest BCUT2D eigenvalue weighted by Gasteiger charge is 2.35. The van der Waals surface area contributed by atoms with E-state index in [1.165, 1.54) is 30.6 Å². The van der Waals surface area contributed by atoms with Crippen molar-refractivity contribution in [2.45, 2.75) is 25.0 Å². The summed E-state index contributed by atoms with van der Waals surface area (Å²) in [7, 11) is 1.31. The normalized spacial score (nSPS) is 20.8. The molecule has 2 aliphatic heterocycles. The van der Waals surface area contributed by atoms with Crippen LogP contribution in [0.15, 0.2) is 50.5 Å². The molecule has 1 fully saturated rings. The van der Waals surface area contributed by atoms with E-state index < -0.39 is 23.8 Å². The van der Waals surface area contributed by atoms with Crippen LogP contribution >= 0.6 is 27.3 Å². The number of nitrogens with one attached hydrogen (secondary N) is 1. The molecule has 35 heavy (non-hydrogen) atoms. The summed E-state index contributed by atoms with van der Waals surface area (Å²) in [5.74, 6) is -1.33. The van der Waals surface area contributed by atoms with E-state index >= 15 is 0 Å². The predicted octanol–water partition coefficient (Wildman–Crippen LogP) is 3.13. The van der Waals surface area contributed by atoms with Crippen LogP contribution in [-0.4, -0.2) is 72.2 Å². The number of aliphatic imine (C=N–C) groups is 1. The van der Waals surface area contributed by atoms with Gasteiger partial charge in [0, 0.05) is 47.8 Å². The van der Waals surface area contributed by atoms with Crippen LogP contribution in [-0.2, 0) is 19.1 Å². The van der Waals surface area contributed by atoms with Crippen molar-refractivity contribution in [3.63, 3.8) is 0 Å². The summed E-state index contributed by atoms with van der Waals surface area (Å²) in [5.41, 5.74) is 1.52. The fraction of sp³-hybridized carbons (Fsp3) is 0.391. The molecule has 2 aromatic rings. The van der Waals surface area contributed by atoms with Crippen LogP contribution in [0.4, 0.5) is 4.39 Å². The molecule has 2 N–H and O–H groups in total.